The van der Waals surface area contributed by atoms with Crippen molar-refractivity contribution in [1.29, 1.82) is 0 Å². The fourth-order valence-electron chi connectivity index (χ4n) is 2.61. The molecule has 3 rings (SSSR count). The van der Waals surface area contributed by atoms with Crippen LogP contribution in [-0.2, 0) is 9.84 Å². The van der Waals surface area contributed by atoms with Gasteiger partial charge < -0.3 is 4.74 Å². The Morgan fingerprint density at radius 1 is 1.04 bits per heavy atom. The van der Waals surface area contributed by atoms with Crippen molar-refractivity contribution in [2.45, 2.75) is 30.7 Å². The molecule has 0 N–H and O–H groups in total. The first-order valence-electron chi connectivity index (χ1n) is 7.84. The van der Waals surface area contributed by atoms with Crippen LogP contribution in [0.3, 0.4) is 0 Å². The number of halogens is 1. The Morgan fingerprint density at radius 3 is 2.42 bits per heavy atom. The maximum atomic E-state index is 13.0. The molecule has 0 amide bonds. The van der Waals surface area contributed by atoms with E-state index in [0.717, 1.165) is 11.1 Å². The molecule has 2 aromatic carbocycles. The van der Waals surface area contributed by atoms with Crippen LogP contribution in [0.2, 0.25) is 5.02 Å². The third-order valence-electron chi connectivity index (χ3n) is 4.26. The Kier molecular flexibility index (Phi) is 4.77. The van der Waals surface area contributed by atoms with E-state index >= 15 is 0 Å². The predicted molar refractivity (Wildman–Crippen MR) is 99.0 cm³/mol. The molecule has 26 heavy (non-hydrogen) atoms. The number of hydrogen-bond donors (Lipinski definition) is 0. The van der Waals surface area contributed by atoms with Crippen molar-refractivity contribution < 1.29 is 13.2 Å². The largest absolute Gasteiger partial charge is 0.494 e. The lowest BCUT2D eigenvalue weighted by Crippen LogP contribution is -2.07. The zero-order chi connectivity index (χ0) is 19.1. The van der Waals surface area contributed by atoms with Crippen LogP contribution in [-0.4, -0.2) is 30.5 Å². The number of hydrogen-bond acceptors (Lipinski definition) is 5. The lowest BCUT2D eigenvalue weighted by molar-refractivity contribution is 0.411. The van der Waals surface area contributed by atoms with E-state index in [0.29, 0.717) is 22.2 Å². The molecule has 0 bridgehead atoms. The summed E-state index contributed by atoms with van der Waals surface area (Å²) in [6, 6.07) is 10.0. The van der Waals surface area contributed by atoms with Gasteiger partial charge in [0.1, 0.15) is 11.4 Å². The minimum absolute atomic E-state index is 0.0946. The van der Waals surface area contributed by atoms with Crippen molar-refractivity contribution in [2.75, 3.05) is 7.11 Å². The number of benzene rings is 2. The van der Waals surface area contributed by atoms with Gasteiger partial charge in [-0.3, -0.25) is 0 Å². The van der Waals surface area contributed by atoms with Crippen molar-refractivity contribution in [3.63, 3.8) is 0 Å². The summed E-state index contributed by atoms with van der Waals surface area (Å²) < 4.78 is 32.8. The molecule has 0 saturated heterocycles. The molecule has 0 fully saturated rings. The minimum Gasteiger partial charge on any atom is -0.494 e. The van der Waals surface area contributed by atoms with Gasteiger partial charge in [-0.15, -0.1) is 5.10 Å². The topological polar surface area (TPSA) is 74.1 Å². The molecule has 136 valence electrons. The fourth-order valence-corrected chi connectivity index (χ4v) is 4.20. The van der Waals surface area contributed by atoms with Crippen LogP contribution in [0.4, 0.5) is 0 Å². The molecule has 6 nitrogen and oxygen atoms in total. The molecule has 1 heterocycles. The van der Waals surface area contributed by atoms with E-state index in [1.807, 2.05) is 13.8 Å². The smallest absolute Gasteiger partial charge is 0.227 e. The summed E-state index contributed by atoms with van der Waals surface area (Å²) in [6.07, 6.45) is 0. The molecule has 0 aliphatic heterocycles. The van der Waals surface area contributed by atoms with E-state index < -0.39 is 9.84 Å². The molecule has 0 saturated carbocycles. The lowest BCUT2D eigenvalue weighted by Gasteiger charge is -2.10. The molecule has 3 aromatic rings. The summed E-state index contributed by atoms with van der Waals surface area (Å²) in [4.78, 5) is 0.189. The number of aryl methyl sites for hydroxylation is 2. The maximum absolute atomic E-state index is 13.0. The SMILES string of the molecule is COc1ccc(Cl)cc1-n1nnc(S(=O)(=O)c2ccc(C)c(C)c2)c1C. The van der Waals surface area contributed by atoms with Crippen LogP contribution in [0.1, 0.15) is 16.8 Å². The van der Waals surface area contributed by atoms with Crippen molar-refractivity contribution >= 4 is 21.4 Å². The average molecular weight is 392 g/mol. The average Bonchev–Trinajstić information content (AvgIpc) is 2.99. The van der Waals surface area contributed by atoms with Crippen molar-refractivity contribution in [3.05, 3.63) is 58.2 Å². The number of aromatic nitrogens is 3. The number of sulfone groups is 1. The van der Waals surface area contributed by atoms with Gasteiger partial charge in [0.05, 0.1) is 17.7 Å². The zero-order valence-electron chi connectivity index (χ0n) is 14.8. The van der Waals surface area contributed by atoms with Crippen molar-refractivity contribution in [1.82, 2.24) is 15.0 Å². The molecular formula is C18H18ClN3O3S. The second-order valence-corrected chi connectivity index (χ2v) is 8.26. The highest BCUT2D eigenvalue weighted by molar-refractivity contribution is 7.91. The third-order valence-corrected chi connectivity index (χ3v) is 6.26. The Labute approximate surface area is 157 Å². The zero-order valence-corrected chi connectivity index (χ0v) is 16.4. The quantitative estimate of drug-likeness (QED) is 0.678. The van der Waals surface area contributed by atoms with Gasteiger partial charge in [-0.2, -0.15) is 0 Å². The van der Waals surface area contributed by atoms with Gasteiger partial charge in [0.2, 0.25) is 14.9 Å². The predicted octanol–water partition coefficient (Wildman–Crippen LogP) is 3.69. The second kappa shape index (κ2) is 6.74. The van der Waals surface area contributed by atoms with Crippen LogP contribution in [0.5, 0.6) is 5.75 Å². The monoisotopic (exact) mass is 391 g/mol. The van der Waals surface area contributed by atoms with E-state index in [4.69, 9.17) is 16.3 Å². The van der Waals surface area contributed by atoms with E-state index in [1.54, 1.807) is 43.3 Å². The summed E-state index contributed by atoms with van der Waals surface area (Å²) in [5, 5.41) is 8.33. The number of nitrogens with zero attached hydrogens (tertiary/aromatic N) is 3. The summed E-state index contributed by atoms with van der Waals surface area (Å²) >= 11 is 6.07. The summed E-state index contributed by atoms with van der Waals surface area (Å²) in [7, 11) is -2.27. The number of rotatable bonds is 4. The van der Waals surface area contributed by atoms with E-state index in [2.05, 4.69) is 10.3 Å². The van der Waals surface area contributed by atoms with E-state index in [1.165, 1.54) is 11.8 Å². The van der Waals surface area contributed by atoms with Gasteiger partial charge in [-0.1, -0.05) is 22.9 Å². The molecule has 0 aliphatic carbocycles. The summed E-state index contributed by atoms with van der Waals surface area (Å²) in [5.74, 6) is 0.512. The first kappa shape index (κ1) is 18.4. The van der Waals surface area contributed by atoms with Crippen molar-refractivity contribution in [3.8, 4) is 11.4 Å². The van der Waals surface area contributed by atoms with Gasteiger partial charge in [0, 0.05) is 5.02 Å². The van der Waals surface area contributed by atoms with Gasteiger partial charge in [0.25, 0.3) is 0 Å². The molecule has 1 aromatic heterocycles. The molecule has 0 aliphatic rings. The number of ether oxygens (including phenoxy) is 1. The van der Waals surface area contributed by atoms with Crippen LogP contribution in [0, 0.1) is 20.8 Å². The van der Waals surface area contributed by atoms with Gasteiger partial charge in [0.15, 0.2) is 0 Å². The maximum Gasteiger partial charge on any atom is 0.227 e. The number of methoxy groups -OCH3 is 1. The highest BCUT2D eigenvalue weighted by Crippen LogP contribution is 2.30. The van der Waals surface area contributed by atoms with Crippen molar-refractivity contribution in [2.24, 2.45) is 0 Å². The standard InChI is InChI=1S/C18H18ClN3O3S/c1-11-5-7-15(9-12(11)2)26(23,24)18-13(3)22(21-20-18)16-10-14(19)6-8-17(16)25-4/h5-10H,1-4H3. The molecule has 0 unspecified atom stereocenters. The molecule has 0 radical (unpaired) electrons. The summed E-state index contributed by atoms with van der Waals surface area (Å²) in [5.41, 5.74) is 2.82. The van der Waals surface area contributed by atoms with Crippen LogP contribution < -0.4 is 4.74 Å². The van der Waals surface area contributed by atoms with E-state index in [9.17, 15) is 8.42 Å². The Hall–Kier alpha value is -2.38. The minimum atomic E-state index is -3.79. The second-order valence-electron chi connectivity index (χ2n) is 5.96. The Morgan fingerprint density at radius 2 is 1.77 bits per heavy atom. The summed E-state index contributed by atoms with van der Waals surface area (Å²) in [6.45, 7) is 5.45. The Balaban J connectivity index is 2.15. The third kappa shape index (κ3) is 3.08. The highest BCUT2D eigenvalue weighted by Gasteiger charge is 2.27. The molecule has 0 spiro atoms. The van der Waals surface area contributed by atoms with E-state index in [-0.39, 0.29) is 9.92 Å². The molecular weight excluding hydrogens is 374 g/mol. The fraction of sp³-hybridized carbons (Fsp3) is 0.222. The van der Waals surface area contributed by atoms with Crippen LogP contribution in [0.15, 0.2) is 46.3 Å². The van der Waals surface area contributed by atoms with Gasteiger partial charge >= 0.3 is 0 Å². The Bertz CT molecular complexity index is 1090. The van der Waals surface area contributed by atoms with Crippen LogP contribution >= 0.6 is 11.6 Å². The van der Waals surface area contributed by atoms with Gasteiger partial charge in [-0.25, -0.2) is 13.1 Å². The first-order valence-corrected chi connectivity index (χ1v) is 9.70. The molecule has 8 heteroatoms. The van der Waals surface area contributed by atoms with Crippen LogP contribution in [0.25, 0.3) is 5.69 Å². The first-order chi connectivity index (χ1) is 12.3. The molecule has 0 atom stereocenters. The lowest BCUT2D eigenvalue weighted by atomic mass is 10.1. The van der Waals surface area contributed by atoms with Gasteiger partial charge in [-0.05, 0) is 62.2 Å². The highest BCUT2D eigenvalue weighted by atomic mass is 35.5. The normalized spacial score (nSPS) is 11.6.